The van der Waals surface area contributed by atoms with Crippen LogP contribution in [0.5, 0.6) is 0 Å². The molecule has 8 heteroatoms. The molecule has 1 aliphatic heterocycles. The van der Waals surface area contributed by atoms with Crippen molar-refractivity contribution in [2.75, 3.05) is 11.9 Å². The summed E-state index contributed by atoms with van der Waals surface area (Å²) in [6.45, 7) is 1.94. The summed E-state index contributed by atoms with van der Waals surface area (Å²) in [6.07, 6.45) is 0.129. The lowest BCUT2D eigenvalue weighted by Gasteiger charge is -2.28. The Morgan fingerprint density at radius 1 is 1.50 bits per heavy atom. The standard InChI is InChI=1S/C16H17ClF2N4O/c1-2-16(18,19)14-12-9-23(7-6-13(12)21-22-14)15(24)20-11-5-3-4-10(17)8-11/h3-5,8H,2,6-7,9H2,1H3,(H,20,24)(H,21,22). The van der Waals surface area contributed by atoms with Crippen molar-refractivity contribution in [3.63, 3.8) is 0 Å². The number of aromatic nitrogens is 2. The van der Waals surface area contributed by atoms with Gasteiger partial charge in [0.1, 0.15) is 5.69 Å². The molecular formula is C16H17ClF2N4O. The van der Waals surface area contributed by atoms with E-state index in [-0.39, 0.29) is 24.7 Å². The minimum atomic E-state index is -3.00. The molecule has 2 aromatic rings. The van der Waals surface area contributed by atoms with E-state index in [1.54, 1.807) is 24.3 Å². The first kappa shape index (κ1) is 16.7. The second kappa shape index (κ2) is 6.39. The van der Waals surface area contributed by atoms with Gasteiger partial charge < -0.3 is 10.2 Å². The van der Waals surface area contributed by atoms with Crippen LogP contribution in [0.15, 0.2) is 24.3 Å². The zero-order valence-corrected chi connectivity index (χ0v) is 13.8. The first-order chi connectivity index (χ1) is 11.4. The van der Waals surface area contributed by atoms with E-state index in [9.17, 15) is 13.6 Å². The van der Waals surface area contributed by atoms with Crippen molar-refractivity contribution in [2.24, 2.45) is 0 Å². The number of nitrogens with one attached hydrogen (secondary N) is 2. The molecule has 0 saturated heterocycles. The quantitative estimate of drug-likeness (QED) is 0.869. The number of amides is 2. The highest BCUT2D eigenvalue weighted by Gasteiger charge is 2.38. The molecule has 0 saturated carbocycles. The molecule has 0 unspecified atom stereocenters. The lowest BCUT2D eigenvalue weighted by molar-refractivity contribution is -0.0142. The SMILES string of the molecule is CCC(F)(F)c1n[nH]c2c1CN(C(=O)Nc1cccc(Cl)c1)CC2. The second-order valence-corrected chi connectivity index (χ2v) is 6.14. The predicted molar refractivity (Wildman–Crippen MR) is 87.4 cm³/mol. The molecule has 0 fully saturated rings. The van der Waals surface area contributed by atoms with Crippen molar-refractivity contribution in [2.45, 2.75) is 32.2 Å². The number of aromatic amines is 1. The van der Waals surface area contributed by atoms with Gasteiger partial charge in [0.2, 0.25) is 0 Å². The number of carbonyl (C=O) groups is 1. The van der Waals surface area contributed by atoms with Crippen molar-refractivity contribution in [3.05, 3.63) is 46.2 Å². The molecular weight excluding hydrogens is 338 g/mol. The Kier molecular flexibility index (Phi) is 4.45. The number of rotatable bonds is 3. The number of hydrogen-bond donors (Lipinski definition) is 2. The van der Waals surface area contributed by atoms with Gasteiger partial charge in [-0.1, -0.05) is 24.6 Å². The normalized spacial score (nSPS) is 14.4. The van der Waals surface area contributed by atoms with Crippen LogP contribution in [0.2, 0.25) is 5.02 Å². The van der Waals surface area contributed by atoms with Crippen LogP contribution in [0.3, 0.4) is 0 Å². The van der Waals surface area contributed by atoms with E-state index in [4.69, 9.17) is 11.6 Å². The lowest BCUT2D eigenvalue weighted by Crippen LogP contribution is -2.39. The van der Waals surface area contributed by atoms with Crippen molar-refractivity contribution < 1.29 is 13.6 Å². The van der Waals surface area contributed by atoms with Crippen LogP contribution in [-0.2, 0) is 18.9 Å². The fourth-order valence-electron chi connectivity index (χ4n) is 2.71. The molecule has 1 aromatic carbocycles. The Bertz CT molecular complexity index is 762. The Morgan fingerprint density at radius 3 is 3.00 bits per heavy atom. The fraction of sp³-hybridized carbons (Fsp3) is 0.375. The molecule has 2 heterocycles. The maximum Gasteiger partial charge on any atom is 0.322 e. The summed E-state index contributed by atoms with van der Waals surface area (Å²) in [7, 11) is 0. The molecule has 0 aliphatic carbocycles. The molecule has 0 atom stereocenters. The van der Waals surface area contributed by atoms with Crippen LogP contribution in [-0.4, -0.2) is 27.7 Å². The Labute approximate surface area is 143 Å². The molecule has 0 spiro atoms. The number of benzene rings is 1. The highest BCUT2D eigenvalue weighted by Crippen LogP contribution is 2.35. The van der Waals surface area contributed by atoms with E-state index >= 15 is 0 Å². The van der Waals surface area contributed by atoms with E-state index in [0.717, 1.165) is 0 Å². The number of fused-ring (bicyclic) bond motifs is 1. The molecule has 5 nitrogen and oxygen atoms in total. The fourth-order valence-corrected chi connectivity index (χ4v) is 2.90. The molecule has 1 aromatic heterocycles. The minimum Gasteiger partial charge on any atom is -0.320 e. The Balaban J connectivity index is 1.77. The molecule has 2 amide bonds. The van der Waals surface area contributed by atoms with Crippen molar-refractivity contribution in [3.8, 4) is 0 Å². The largest absolute Gasteiger partial charge is 0.322 e. The van der Waals surface area contributed by atoms with E-state index in [0.29, 0.717) is 34.9 Å². The van der Waals surface area contributed by atoms with Gasteiger partial charge in [0.05, 0.1) is 6.54 Å². The van der Waals surface area contributed by atoms with Crippen LogP contribution >= 0.6 is 11.6 Å². The summed E-state index contributed by atoms with van der Waals surface area (Å²) in [4.78, 5) is 13.9. The first-order valence-electron chi connectivity index (χ1n) is 7.66. The third kappa shape index (κ3) is 3.21. The highest BCUT2D eigenvalue weighted by molar-refractivity contribution is 6.30. The number of halogens is 3. The van der Waals surface area contributed by atoms with Gasteiger partial charge in [-0.2, -0.15) is 13.9 Å². The number of urea groups is 1. The molecule has 0 bridgehead atoms. The molecule has 3 rings (SSSR count). The van der Waals surface area contributed by atoms with Gasteiger partial charge in [0.25, 0.3) is 5.92 Å². The van der Waals surface area contributed by atoms with Crippen LogP contribution < -0.4 is 5.32 Å². The van der Waals surface area contributed by atoms with E-state index in [1.807, 2.05) is 0 Å². The van der Waals surface area contributed by atoms with Crippen LogP contribution in [0, 0.1) is 0 Å². The topological polar surface area (TPSA) is 61.0 Å². The third-order valence-corrected chi connectivity index (χ3v) is 4.32. The van der Waals surface area contributed by atoms with E-state index in [1.165, 1.54) is 11.8 Å². The predicted octanol–water partition coefficient (Wildman–Crippen LogP) is 4.16. The summed E-state index contributed by atoms with van der Waals surface area (Å²) < 4.78 is 28.0. The van der Waals surface area contributed by atoms with E-state index in [2.05, 4.69) is 15.5 Å². The molecule has 128 valence electrons. The van der Waals surface area contributed by atoms with Crippen molar-refractivity contribution in [1.29, 1.82) is 0 Å². The van der Waals surface area contributed by atoms with Gasteiger partial charge in [-0.3, -0.25) is 5.10 Å². The van der Waals surface area contributed by atoms with Gasteiger partial charge in [-0.05, 0) is 18.2 Å². The van der Waals surface area contributed by atoms with Gasteiger partial charge in [0, 0.05) is 41.4 Å². The molecule has 0 radical (unpaired) electrons. The average Bonchev–Trinajstić information content (AvgIpc) is 2.98. The minimum absolute atomic E-state index is 0.100. The number of hydrogen-bond acceptors (Lipinski definition) is 2. The van der Waals surface area contributed by atoms with Crippen LogP contribution in [0.4, 0.5) is 19.3 Å². The molecule has 1 aliphatic rings. The van der Waals surface area contributed by atoms with Crippen molar-refractivity contribution >= 4 is 23.3 Å². The monoisotopic (exact) mass is 354 g/mol. The molecule has 2 N–H and O–H groups in total. The van der Waals surface area contributed by atoms with Gasteiger partial charge in [0.15, 0.2) is 0 Å². The Morgan fingerprint density at radius 2 is 2.29 bits per heavy atom. The van der Waals surface area contributed by atoms with Gasteiger partial charge in [-0.15, -0.1) is 0 Å². The van der Waals surface area contributed by atoms with Gasteiger partial charge in [-0.25, -0.2) is 4.79 Å². The zero-order chi connectivity index (χ0) is 17.3. The lowest BCUT2D eigenvalue weighted by atomic mass is 10.0. The number of H-pyrrole nitrogens is 1. The summed E-state index contributed by atoms with van der Waals surface area (Å²) in [5.74, 6) is -3.00. The Hall–Kier alpha value is -2.15. The average molecular weight is 355 g/mol. The maximum atomic E-state index is 14.0. The highest BCUT2D eigenvalue weighted by atomic mass is 35.5. The third-order valence-electron chi connectivity index (χ3n) is 4.09. The number of nitrogens with zero attached hydrogens (tertiary/aromatic N) is 2. The van der Waals surface area contributed by atoms with Crippen molar-refractivity contribution in [1.82, 2.24) is 15.1 Å². The number of anilines is 1. The summed E-state index contributed by atoms with van der Waals surface area (Å²) in [5, 5.41) is 9.70. The smallest absolute Gasteiger partial charge is 0.320 e. The second-order valence-electron chi connectivity index (χ2n) is 5.70. The van der Waals surface area contributed by atoms with Gasteiger partial charge >= 0.3 is 6.03 Å². The van der Waals surface area contributed by atoms with Crippen LogP contribution in [0.1, 0.15) is 30.3 Å². The van der Waals surface area contributed by atoms with Crippen LogP contribution in [0.25, 0.3) is 0 Å². The van der Waals surface area contributed by atoms with E-state index < -0.39 is 5.92 Å². The molecule has 24 heavy (non-hydrogen) atoms. The summed E-state index contributed by atoms with van der Waals surface area (Å²) in [5.41, 5.74) is 1.38. The summed E-state index contributed by atoms with van der Waals surface area (Å²) in [6, 6.07) is 6.42. The zero-order valence-electron chi connectivity index (χ0n) is 13.1. The number of alkyl halides is 2. The number of carbonyl (C=O) groups excluding carboxylic acids is 1. The maximum absolute atomic E-state index is 14.0. The summed E-state index contributed by atoms with van der Waals surface area (Å²) >= 11 is 5.89. The first-order valence-corrected chi connectivity index (χ1v) is 8.04.